The second-order valence-corrected chi connectivity index (χ2v) is 36.8. The monoisotopic (exact) mass is 1850 g/mol. The average molecular weight is 1850 g/mol. The number of anilines is 3. The van der Waals surface area contributed by atoms with Crippen molar-refractivity contribution >= 4 is 91.7 Å². The highest BCUT2D eigenvalue weighted by Gasteiger charge is 2.50. The maximum Gasteiger partial charge on any atom is 0.410 e. The van der Waals surface area contributed by atoms with E-state index in [2.05, 4.69) is 84.8 Å². The van der Waals surface area contributed by atoms with Crippen LogP contribution in [0.25, 0.3) is 69.9 Å². The molecule has 7 aromatic heterocycles. The highest BCUT2D eigenvalue weighted by Crippen LogP contribution is 2.44. The molecule has 8 saturated heterocycles. The van der Waals surface area contributed by atoms with Crippen molar-refractivity contribution in [3.63, 3.8) is 0 Å². The Hall–Kier alpha value is -14.3. The number of rotatable bonds is 14. The minimum Gasteiger partial charge on any atom is -0.472 e. The van der Waals surface area contributed by atoms with Crippen LogP contribution < -0.4 is 35.3 Å². The summed E-state index contributed by atoms with van der Waals surface area (Å²) in [5, 5.41) is 6.25. The zero-order chi connectivity index (χ0) is 95.1. The lowest BCUT2D eigenvalue weighted by molar-refractivity contribution is -0.113. The molecule has 9 aliphatic rings. The van der Waals surface area contributed by atoms with Gasteiger partial charge in [0.25, 0.3) is 0 Å². The molecule has 702 valence electrons. The number of nitrogens with zero attached hydrogens (tertiary/aromatic N) is 21. The first-order valence-corrected chi connectivity index (χ1v) is 44.1. The van der Waals surface area contributed by atoms with E-state index in [-0.39, 0.29) is 159 Å². The predicted octanol–water partition coefficient (Wildman–Crippen LogP) is 14.1. The minimum absolute atomic E-state index is 0.0109. The fourth-order valence-corrected chi connectivity index (χ4v) is 18.1. The van der Waals surface area contributed by atoms with Crippen LogP contribution in [0, 0.1) is 118 Å². The third-order valence-electron chi connectivity index (χ3n) is 24.6. The molecule has 8 aliphatic heterocycles. The Bertz CT molecular complexity index is 6270. The van der Waals surface area contributed by atoms with Gasteiger partial charge in [0.1, 0.15) is 113 Å². The molecule has 135 heavy (non-hydrogen) atoms. The van der Waals surface area contributed by atoms with E-state index in [9.17, 15) is 31.9 Å². The Labute approximate surface area is 772 Å². The van der Waals surface area contributed by atoms with Crippen LogP contribution in [0.3, 0.4) is 0 Å². The van der Waals surface area contributed by atoms with Gasteiger partial charge in [0.2, 0.25) is 23.5 Å². The molecule has 1 saturated carbocycles. The summed E-state index contributed by atoms with van der Waals surface area (Å²) < 4.78 is 128. The molecule has 38 nitrogen and oxygen atoms in total. The quantitative estimate of drug-likeness (QED) is 0.0517. The molecule has 4 N–H and O–H groups in total. The van der Waals surface area contributed by atoms with Gasteiger partial charge in [-0.1, -0.05) is 24.3 Å². The van der Waals surface area contributed by atoms with E-state index in [1.165, 1.54) is 67.8 Å². The van der Waals surface area contributed by atoms with Crippen molar-refractivity contribution in [2.45, 2.75) is 123 Å². The summed E-state index contributed by atoms with van der Waals surface area (Å²) in [6, 6.07) is 17.0. The maximum atomic E-state index is 14.8. The number of nitrogens with two attached hydrogens (primary N) is 1. The van der Waals surface area contributed by atoms with Gasteiger partial charge in [-0.3, -0.25) is 13.7 Å². The fraction of sp³-hybridized carbons (Fsp3) is 0.462. The van der Waals surface area contributed by atoms with Gasteiger partial charge in [0.15, 0.2) is 62.1 Å². The van der Waals surface area contributed by atoms with Crippen LogP contribution in [0.1, 0.15) is 78.8 Å². The number of carbonyl (C=O) groups is 3. The second-order valence-electron chi connectivity index (χ2n) is 36.8. The number of nitrogens with one attached hydrogen (secondary N) is 2. The molecule has 42 heteroatoms. The molecule has 9 fully saturated rings. The predicted molar refractivity (Wildman–Crippen MR) is 478 cm³/mol. The summed E-state index contributed by atoms with van der Waals surface area (Å²) in [5.74, 6) is 0.804. The van der Waals surface area contributed by atoms with E-state index in [4.69, 9.17) is 84.1 Å². The Morgan fingerprint density at radius 1 is 0.437 bits per heavy atom. The maximum absolute atomic E-state index is 14.8. The number of benzene rings is 4. The number of ether oxygens (including phenoxy) is 11. The number of hydrogen-bond acceptors (Lipinski definition) is 28. The van der Waals surface area contributed by atoms with Gasteiger partial charge >= 0.3 is 18.3 Å². The first kappa shape index (κ1) is 92.5. The highest BCUT2D eigenvalue weighted by molar-refractivity contribution is 5.82. The van der Waals surface area contributed by atoms with Gasteiger partial charge in [-0.2, -0.15) is 19.9 Å². The zero-order valence-electron chi connectivity index (χ0n) is 75.6. The van der Waals surface area contributed by atoms with Crippen molar-refractivity contribution < 1.29 is 84.1 Å². The number of aryl methyl sites for hydroxylation is 3. The van der Waals surface area contributed by atoms with Crippen molar-refractivity contribution in [1.29, 1.82) is 0 Å². The molecule has 11 aromatic rings. The smallest absolute Gasteiger partial charge is 0.410 e. The number of piperidine rings is 4. The summed E-state index contributed by atoms with van der Waals surface area (Å²) in [7, 11) is 0. The van der Waals surface area contributed by atoms with Crippen LogP contribution in [0.5, 0.6) is 23.5 Å². The standard InChI is InChI=1S/C25H25FN6O4.C25H27FN6O4.C23H27FN6O4.C20H19FN6O2/c1-14-30-20-22(32(14)19-5-4-17(27-3)8-18(19)26)28-13-29-23(20)35-21-15-9-31(10-16(21)12-34-11-15)24(33)36-25(2)6-7-25;1-14-30-20-22(32(14)19-7-6-17(27-5)8-18(19)26)28-13-29-23(20)35-21-15-9-31(10-16(21)12-34-11-15)24(33)36-25(2,3)4;1-23(2,3)34-22(31)30-8-13-10-32-11-14(9-30)19(13)33-21-18(25)20(27-12-28-21)29-17-6-5-15(26-4)7-16(17)24;1-11-26-17-19(27(11)16-4-3-14(22-2)5-15(16)21)24-10-25-20(17)29-18-12-6-23-7-13(18)9-28-8-12/h4-5,8,13,15-16,21H,6-7,9-12H2,1-2H3;6-8,13,15-16,21H,9-12H2,1-4H3;5-7,12-14,19H,8-11,25H2,1-3H3,(H,27,28,29);3-5,10,12-13,18,23H,6-9H2,1H3. The SMILES string of the molecule is [C-]#[N+]c1ccc(-n2c(C)nc3c(OC4C5CNCC4COC5)ncnc32)c(F)c1.[C-]#[N+]c1ccc(-n2c(C)nc3c(OC4C5COCC4CN(C(=O)OC(C)(C)C)C5)ncnc32)c(F)c1.[C-]#[N+]c1ccc(-n2c(C)nc3c(OC4C5COCC4CN(C(=O)OC4(C)CC4)C5)ncnc32)c(F)c1.[C-]#[N+]c1ccc(Nc2ncnc(OC3C4COCC3CN(C(=O)OC(C)(C)C)C4)c2N)c(F)c1. The topological polar surface area (TPSA) is 387 Å². The number of imidazole rings is 3. The number of hydrogen-bond donors (Lipinski definition) is 3. The van der Waals surface area contributed by atoms with Crippen LogP contribution in [0.4, 0.5) is 71.9 Å². The summed E-state index contributed by atoms with van der Waals surface area (Å²) in [6.45, 7) is 54.8. The second kappa shape index (κ2) is 38.4. The molecule has 8 atom stereocenters. The van der Waals surface area contributed by atoms with Gasteiger partial charge in [-0.15, -0.1) is 0 Å². The van der Waals surface area contributed by atoms with Crippen molar-refractivity contribution in [2.75, 3.05) is 116 Å². The number of carbonyl (C=O) groups excluding carboxylic acids is 3. The first-order valence-electron chi connectivity index (χ1n) is 44.1. The van der Waals surface area contributed by atoms with Crippen molar-refractivity contribution in [2.24, 2.45) is 47.3 Å². The zero-order valence-corrected chi connectivity index (χ0v) is 75.6. The average Bonchev–Trinajstić information content (AvgIpc) is 1.64. The van der Waals surface area contributed by atoms with Gasteiger partial charge < -0.3 is 83.2 Å². The lowest BCUT2D eigenvalue weighted by Crippen LogP contribution is -2.59. The highest BCUT2D eigenvalue weighted by atomic mass is 19.1. The van der Waals surface area contributed by atoms with Gasteiger partial charge in [-0.05, 0) is 131 Å². The molecule has 1 aliphatic carbocycles. The van der Waals surface area contributed by atoms with Gasteiger partial charge in [0, 0.05) is 99.7 Å². The summed E-state index contributed by atoms with van der Waals surface area (Å²) in [5.41, 5.74) is 9.27. The molecular weight excluding hydrogens is 1750 g/mol. The number of aromatic nitrogens is 14. The van der Waals surface area contributed by atoms with Crippen LogP contribution >= 0.6 is 0 Å². The minimum atomic E-state index is -0.602. The van der Waals surface area contributed by atoms with Crippen LogP contribution in [-0.4, -0.2) is 248 Å². The third kappa shape index (κ3) is 20.0. The first-order chi connectivity index (χ1) is 64.8. The summed E-state index contributed by atoms with van der Waals surface area (Å²) >= 11 is 0. The van der Waals surface area contributed by atoms with Gasteiger partial charge in [0.05, 0.1) is 102 Å². The van der Waals surface area contributed by atoms with Crippen LogP contribution in [-0.2, 0) is 33.2 Å². The van der Waals surface area contributed by atoms with E-state index in [1.54, 1.807) is 73.4 Å². The van der Waals surface area contributed by atoms with Crippen molar-refractivity contribution in [3.05, 3.63) is 185 Å². The van der Waals surface area contributed by atoms with Crippen molar-refractivity contribution in [1.82, 2.24) is 88.5 Å². The number of halogens is 4. The van der Waals surface area contributed by atoms with E-state index in [0.29, 0.717) is 161 Å². The van der Waals surface area contributed by atoms with E-state index >= 15 is 0 Å². The Morgan fingerprint density at radius 2 is 0.741 bits per heavy atom. The molecule has 8 bridgehead atoms. The Morgan fingerprint density at radius 3 is 1.07 bits per heavy atom. The van der Waals surface area contributed by atoms with E-state index in [0.717, 1.165) is 32.0 Å². The summed E-state index contributed by atoms with van der Waals surface area (Å²) in [4.78, 5) is 104. The number of fused-ring (bicyclic) bond motifs is 11. The van der Waals surface area contributed by atoms with E-state index in [1.807, 2.05) is 48.5 Å². The van der Waals surface area contributed by atoms with Crippen LogP contribution in [0.15, 0.2) is 98.1 Å². The molecule has 4 aromatic carbocycles. The number of likely N-dealkylation sites (tertiary alicyclic amines) is 3. The fourth-order valence-electron chi connectivity index (χ4n) is 18.1. The lowest BCUT2D eigenvalue weighted by atomic mass is 9.84. The van der Waals surface area contributed by atoms with Crippen LogP contribution in [0.2, 0.25) is 0 Å². The van der Waals surface area contributed by atoms with Gasteiger partial charge in [-0.25, -0.2) is 86.2 Å². The molecule has 0 spiro atoms. The largest absolute Gasteiger partial charge is 0.472 e. The Kier molecular flexibility index (Phi) is 26.3. The Balaban J connectivity index is 0.000000125. The molecule has 3 amide bonds. The number of amides is 3. The normalized spacial score (nSPS) is 22.9. The molecule has 8 unspecified atom stereocenters. The van der Waals surface area contributed by atoms with Crippen molar-refractivity contribution in [3.8, 4) is 40.6 Å². The third-order valence-corrected chi connectivity index (χ3v) is 24.6. The summed E-state index contributed by atoms with van der Waals surface area (Å²) in [6.07, 6.45) is 5.49. The lowest BCUT2D eigenvalue weighted by Gasteiger charge is -2.46. The molecular formula is C93H98F4N24O14. The molecule has 15 heterocycles. The number of nitrogen functional groups attached to an aromatic ring is 1. The molecule has 20 rings (SSSR count). The van der Waals surface area contributed by atoms with E-state index < -0.39 is 34.5 Å². The molecule has 0 radical (unpaired) electrons.